The predicted molar refractivity (Wildman–Crippen MR) is 85.7 cm³/mol. The number of carbonyl (C=O) groups excluding carboxylic acids is 1. The second-order valence-corrected chi connectivity index (χ2v) is 8.00. The first-order valence-electron chi connectivity index (χ1n) is 7.60. The summed E-state index contributed by atoms with van der Waals surface area (Å²) >= 11 is 0. The summed E-state index contributed by atoms with van der Waals surface area (Å²) in [4.78, 5) is 14.2. The zero-order chi connectivity index (χ0) is 17.3. The SMILES string of the molecule is CS(=O)(=O)c1cn[nH]c1C1CCN(C(=O)Cc2ccccc2F)C1. The van der Waals surface area contributed by atoms with Gasteiger partial charge in [0.25, 0.3) is 0 Å². The molecule has 1 saturated heterocycles. The second-order valence-electron chi connectivity index (χ2n) is 6.01. The highest BCUT2D eigenvalue weighted by Crippen LogP contribution is 2.30. The molecule has 2 heterocycles. The Hall–Kier alpha value is -2.22. The average molecular weight is 351 g/mol. The van der Waals surface area contributed by atoms with Crippen LogP contribution in [0.4, 0.5) is 4.39 Å². The lowest BCUT2D eigenvalue weighted by molar-refractivity contribution is -0.129. The third kappa shape index (κ3) is 3.33. The quantitative estimate of drug-likeness (QED) is 0.905. The molecule has 6 nitrogen and oxygen atoms in total. The molecule has 1 unspecified atom stereocenters. The van der Waals surface area contributed by atoms with Gasteiger partial charge in [0.15, 0.2) is 9.84 Å². The van der Waals surface area contributed by atoms with Crippen LogP contribution in [-0.4, -0.2) is 48.8 Å². The topological polar surface area (TPSA) is 83.1 Å². The highest BCUT2D eigenvalue weighted by Gasteiger charge is 2.31. The number of sulfone groups is 1. The Bertz CT molecular complexity index is 863. The van der Waals surface area contributed by atoms with Crippen LogP contribution < -0.4 is 0 Å². The van der Waals surface area contributed by atoms with Crippen molar-refractivity contribution in [2.45, 2.75) is 23.7 Å². The van der Waals surface area contributed by atoms with Gasteiger partial charge in [0.05, 0.1) is 18.3 Å². The summed E-state index contributed by atoms with van der Waals surface area (Å²) in [6.07, 6.45) is 3.08. The van der Waals surface area contributed by atoms with E-state index in [2.05, 4.69) is 10.2 Å². The molecule has 1 atom stereocenters. The molecule has 0 radical (unpaired) electrons. The van der Waals surface area contributed by atoms with Crippen LogP contribution in [0.3, 0.4) is 0 Å². The third-order valence-corrected chi connectivity index (χ3v) is 5.40. The summed E-state index contributed by atoms with van der Waals surface area (Å²) in [6, 6.07) is 6.21. The lowest BCUT2D eigenvalue weighted by Crippen LogP contribution is -2.30. The van der Waals surface area contributed by atoms with Gasteiger partial charge in [-0.2, -0.15) is 5.10 Å². The number of nitrogens with one attached hydrogen (secondary N) is 1. The summed E-state index contributed by atoms with van der Waals surface area (Å²) in [7, 11) is -3.37. The van der Waals surface area contributed by atoms with E-state index in [9.17, 15) is 17.6 Å². The number of aromatic nitrogens is 2. The second kappa shape index (κ2) is 6.35. The van der Waals surface area contributed by atoms with Crippen molar-refractivity contribution in [3.63, 3.8) is 0 Å². The molecule has 0 saturated carbocycles. The van der Waals surface area contributed by atoms with Crippen LogP contribution in [0.25, 0.3) is 0 Å². The van der Waals surface area contributed by atoms with Crippen LogP contribution in [0.1, 0.15) is 23.6 Å². The molecule has 0 bridgehead atoms. The van der Waals surface area contributed by atoms with E-state index in [-0.39, 0.29) is 23.1 Å². The Kier molecular flexibility index (Phi) is 4.40. The van der Waals surface area contributed by atoms with Crippen molar-refractivity contribution in [1.29, 1.82) is 0 Å². The first-order valence-corrected chi connectivity index (χ1v) is 9.50. The van der Waals surface area contributed by atoms with E-state index in [1.807, 2.05) is 0 Å². The van der Waals surface area contributed by atoms with Gasteiger partial charge in [-0.05, 0) is 18.1 Å². The minimum Gasteiger partial charge on any atom is -0.342 e. The number of carbonyl (C=O) groups is 1. The molecule has 0 spiro atoms. The van der Waals surface area contributed by atoms with Gasteiger partial charge in [0, 0.05) is 25.3 Å². The monoisotopic (exact) mass is 351 g/mol. The number of amides is 1. The largest absolute Gasteiger partial charge is 0.342 e. The van der Waals surface area contributed by atoms with Crippen molar-refractivity contribution in [2.75, 3.05) is 19.3 Å². The fourth-order valence-corrected chi connectivity index (χ4v) is 3.87. The Labute approximate surface area is 139 Å². The van der Waals surface area contributed by atoms with Gasteiger partial charge in [-0.15, -0.1) is 0 Å². The third-order valence-electron chi connectivity index (χ3n) is 4.28. The Morgan fingerprint density at radius 2 is 2.17 bits per heavy atom. The highest BCUT2D eigenvalue weighted by atomic mass is 32.2. The van der Waals surface area contributed by atoms with Crippen molar-refractivity contribution in [3.05, 3.63) is 47.5 Å². The number of H-pyrrole nitrogens is 1. The van der Waals surface area contributed by atoms with Crippen LogP contribution >= 0.6 is 0 Å². The number of aromatic amines is 1. The minimum atomic E-state index is -3.37. The molecular formula is C16H18FN3O3S. The fraction of sp³-hybridized carbons (Fsp3) is 0.375. The van der Waals surface area contributed by atoms with Gasteiger partial charge in [0.2, 0.25) is 5.91 Å². The van der Waals surface area contributed by atoms with E-state index in [1.165, 1.54) is 12.3 Å². The summed E-state index contributed by atoms with van der Waals surface area (Å²) in [6.45, 7) is 0.915. The molecule has 1 aromatic heterocycles. The Balaban J connectivity index is 1.71. The van der Waals surface area contributed by atoms with Crippen LogP contribution in [0, 0.1) is 5.82 Å². The maximum absolute atomic E-state index is 13.7. The number of likely N-dealkylation sites (tertiary alicyclic amines) is 1. The van der Waals surface area contributed by atoms with Gasteiger partial charge in [-0.25, -0.2) is 12.8 Å². The standard InChI is InChI=1S/C16H18FN3O3S/c1-24(22,23)14-9-18-19-16(14)12-6-7-20(10-12)15(21)8-11-4-2-3-5-13(11)17/h2-5,9,12H,6-8,10H2,1H3,(H,18,19). The average Bonchev–Trinajstić information content (AvgIpc) is 3.17. The lowest BCUT2D eigenvalue weighted by Gasteiger charge is -2.17. The van der Waals surface area contributed by atoms with E-state index in [1.54, 1.807) is 23.1 Å². The summed E-state index contributed by atoms with van der Waals surface area (Å²) in [5.74, 6) is -0.667. The van der Waals surface area contributed by atoms with Crippen LogP contribution in [0.15, 0.2) is 35.4 Å². The number of benzene rings is 1. The molecular weight excluding hydrogens is 333 g/mol. The maximum atomic E-state index is 13.7. The van der Waals surface area contributed by atoms with Crippen molar-refractivity contribution >= 4 is 15.7 Å². The van der Waals surface area contributed by atoms with Gasteiger partial charge in [-0.1, -0.05) is 18.2 Å². The first-order chi connectivity index (χ1) is 11.4. The Morgan fingerprint density at radius 1 is 1.42 bits per heavy atom. The number of hydrogen-bond acceptors (Lipinski definition) is 4. The van der Waals surface area contributed by atoms with Crippen molar-refractivity contribution in [2.24, 2.45) is 0 Å². The fourth-order valence-electron chi connectivity index (χ4n) is 3.01. The number of halogens is 1. The van der Waals surface area contributed by atoms with Gasteiger partial charge < -0.3 is 4.90 Å². The number of rotatable bonds is 4. The summed E-state index contributed by atoms with van der Waals surface area (Å²) < 4.78 is 37.2. The van der Waals surface area contributed by atoms with Gasteiger partial charge in [0.1, 0.15) is 10.7 Å². The molecule has 128 valence electrons. The molecule has 1 aliphatic heterocycles. The normalized spacial score (nSPS) is 18.1. The van der Waals surface area contributed by atoms with Crippen LogP contribution in [0.5, 0.6) is 0 Å². The summed E-state index contributed by atoms with van der Waals surface area (Å²) in [5, 5.41) is 6.57. The smallest absolute Gasteiger partial charge is 0.227 e. The molecule has 1 N–H and O–H groups in total. The first kappa shape index (κ1) is 16.6. The van der Waals surface area contributed by atoms with E-state index in [0.717, 1.165) is 6.26 Å². The lowest BCUT2D eigenvalue weighted by atomic mass is 10.1. The molecule has 8 heteroatoms. The van der Waals surface area contributed by atoms with Crippen molar-refractivity contribution < 1.29 is 17.6 Å². The molecule has 2 aromatic rings. The predicted octanol–water partition coefficient (Wildman–Crippen LogP) is 1.51. The van der Waals surface area contributed by atoms with E-state index < -0.39 is 15.7 Å². The van der Waals surface area contributed by atoms with Gasteiger partial charge in [-0.3, -0.25) is 9.89 Å². The zero-order valence-corrected chi connectivity index (χ0v) is 14.0. The molecule has 0 aliphatic carbocycles. The van der Waals surface area contributed by atoms with E-state index in [4.69, 9.17) is 0 Å². The molecule has 1 amide bonds. The molecule has 1 fully saturated rings. The van der Waals surface area contributed by atoms with Crippen LogP contribution in [0.2, 0.25) is 0 Å². The van der Waals surface area contributed by atoms with E-state index in [0.29, 0.717) is 30.8 Å². The number of nitrogens with zero attached hydrogens (tertiary/aromatic N) is 2. The molecule has 3 rings (SSSR count). The van der Waals surface area contributed by atoms with Crippen molar-refractivity contribution in [1.82, 2.24) is 15.1 Å². The molecule has 1 aromatic carbocycles. The number of hydrogen-bond donors (Lipinski definition) is 1. The zero-order valence-electron chi connectivity index (χ0n) is 13.2. The van der Waals surface area contributed by atoms with E-state index >= 15 is 0 Å². The molecule has 1 aliphatic rings. The minimum absolute atomic E-state index is 0.00129. The molecule has 24 heavy (non-hydrogen) atoms. The maximum Gasteiger partial charge on any atom is 0.227 e. The summed E-state index contributed by atoms with van der Waals surface area (Å²) in [5.41, 5.74) is 0.906. The highest BCUT2D eigenvalue weighted by molar-refractivity contribution is 7.90. The Morgan fingerprint density at radius 3 is 2.88 bits per heavy atom. The van der Waals surface area contributed by atoms with Gasteiger partial charge >= 0.3 is 0 Å². The van der Waals surface area contributed by atoms with Crippen molar-refractivity contribution in [3.8, 4) is 0 Å². The van der Waals surface area contributed by atoms with Crippen LogP contribution in [-0.2, 0) is 21.1 Å².